The van der Waals surface area contributed by atoms with Gasteiger partial charge in [-0.2, -0.15) is 0 Å². The smallest absolute Gasteiger partial charge is 0.227 e. The van der Waals surface area contributed by atoms with Crippen LogP contribution in [0.1, 0.15) is 28.6 Å². The molecular weight excluding hydrogens is 386 g/mol. The van der Waals surface area contributed by atoms with Gasteiger partial charge >= 0.3 is 0 Å². The van der Waals surface area contributed by atoms with E-state index in [2.05, 4.69) is 23.2 Å². The number of rotatable bonds is 5. The molecule has 3 heterocycles. The van der Waals surface area contributed by atoms with E-state index in [4.69, 9.17) is 9.72 Å². The number of hydrogen-bond donors (Lipinski definition) is 1. The standard InChI is InChI=1S/C26H25N3O2/c30-26(16-20-17-27-23-11-5-4-10-22(20)23)29-13-14-31-25(18-29)24-12-6-9-21(28-24)15-19-7-2-1-3-8-19/h1-12,17,25,27H,13-16,18H2/t25-/m1/s1. The van der Waals surface area contributed by atoms with E-state index in [1.54, 1.807) is 0 Å². The fourth-order valence-corrected chi connectivity index (χ4v) is 4.19. The summed E-state index contributed by atoms with van der Waals surface area (Å²) in [4.78, 5) is 23.0. The predicted molar refractivity (Wildman–Crippen MR) is 121 cm³/mol. The van der Waals surface area contributed by atoms with Crippen molar-refractivity contribution in [3.05, 3.63) is 102 Å². The minimum absolute atomic E-state index is 0.124. The van der Waals surface area contributed by atoms with Crippen LogP contribution >= 0.6 is 0 Å². The van der Waals surface area contributed by atoms with Gasteiger partial charge in [-0.05, 0) is 29.3 Å². The van der Waals surface area contributed by atoms with Crippen LogP contribution in [0.15, 0.2) is 79.0 Å². The number of aromatic amines is 1. The second-order valence-corrected chi connectivity index (χ2v) is 7.95. The first-order chi connectivity index (χ1) is 15.3. The fraction of sp³-hybridized carbons (Fsp3) is 0.231. The van der Waals surface area contributed by atoms with Gasteiger partial charge in [0.15, 0.2) is 0 Å². The molecule has 2 aromatic carbocycles. The highest BCUT2D eigenvalue weighted by Crippen LogP contribution is 2.24. The topological polar surface area (TPSA) is 58.2 Å². The zero-order chi connectivity index (χ0) is 21.0. The van der Waals surface area contributed by atoms with Crippen LogP contribution < -0.4 is 0 Å². The van der Waals surface area contributed by atoms with Crippen molar-refractivity contribution in [2.45, 2.75) is 18.9 Å². The summed E-state index contributed by atoms with van der Waals surface area (Å²) in [6.07, 6.45) is 2.91. The van der Waals surface area contributed by atoms with Gasteiger partial charge in [-0.1, -0.05) is 54.6 Å². The van der Waals surface area contributed by atoms with Crippen molar-refractivity contribution in [2.24, 2.45) is 0 Å². The largest absolute Gasteiger partial charge is 0.368 e. The molecule has 156 valence electrons. The highest BCUT2D eigenvalue weighted by Gasteiger charge is 2.27. The number of nitrogens with one attached hydrogen (secondary N) is 1. The number of benzene rings is 2. The number of pyridine rings is 1. The lowest BCUT2D eigenvalue weighted by molar-refractivity contribution is -0.138. The van der Waals surface area contributed by atoms with Gasteiger partial charge in [-0.3, -0.25) is 9.78 Å². The Labute approximate surface area is 181 Å². The molecule has 0 radical (unpaired) electrons. The van der Waals surface area contributed by atoms with E-state index >= 15 is 0 Å². The van der Waals surface area contributed by atoms with Gasteiger partial charge in [0.1, 0.15) is 6.10 Å². The average Bonchev–Trinajstić information content (AvgIpc) is 3.23. The summed E-state index contributed by atoms with van der Waals surface area (Å²) < 4.78 is 5.99. The number of carbonyl (C=O) groups excluding carboxylic acids is 1. The van der Waals surface area contributed by atoms with E-state index < -0.39 is 0 Å². The molecule has 1 aliphatic heterocycles. The number of aromatic nitrogens is 2. The molecule has 5 heteroatoms. The Bertz CT molecular complexity index is 1190. The van der Waals surface area contributed by atoms with Crippen molar-refractivity contribution < 1.29 is 9.53 Å². The Morgan fingerprint density at radius 3 is 2.77 bits per heavy atom. The van der Waals surface area contributed by atoms with Crippen LogP contribution in [0.2, 0.25) is 0 Å². The molecule has 1 amide bonds. The molecule has 4 aromatic rings. The summed E-state index contributed by atoms with van der Waals surface area (Å²) >= 11 is 0. The van der Waals surface area contributed by atoms with Crippen molar-refractivity contribution in [2.75, 3.05) is 19.7 Å². The van der Waals surface area contributed by atoms with Gasteiger partial charge in [0.05, 0.1) is 25.3 Å². The summed E-state index contributed by atoms with van der Waals surface area (Å²) in [6.45, 7) is 1.67. The lowest BCUT2D eigenvalue weighted by atomic mass is 10.1. The Morgan fingerprint density at radius 2 is 1.87 bits per heavy atom. The van der Waals surface area contributed by atoms with Crippen LogP contribution in [-0.4, -0.2) is 40.5 Å². The van der Waals surface area contributed by atoms with Gasteiger partial charge < -0.3 is 14.6 Å². The first-order valence-corrected chi connectivity index (χ1v) is 10.7. The van der Waals surface area contributed by atoms with Gasteiger partial charge in [0.25, 0.3) is 0 Å². The number of ether oxygens (including phenoxy) is 1. The second kappa shape index (κ2) is 8.74. The summed E-state index contributed by atoms with van der Waals surface area (Å²) in [6, 6.07) is 24.5. The SMILES string of the molecule is O=C(Cc1c[nH]c2ccccc12)N1CCO[C@@H](c2cccc(Cc3ccccc3)n2)C1. The first-order valence-electron chi connectivity index (χ1n) is 10.7. The van der Waals surface area contributed by atoms with Crippen LogP contribution in [0.5, 0.6) is 0 Å². The molecule has 2 aromatic heterocycles. The van der Waals surface area contributed by atoms with Crippen LogP contribution in [-0.2, 0) is 22.4 Å². The number of morpholine rings is 1. The Balaban J connectivity index is 1.28. The monoisotopic (exact) mass is 411 g/mol. The van der Waals surface area contributed by atoms with Crippen LogP contribution in [0.25, 0.3) is 10.9 Å². The highest BCUT2D eigenvalue weighted by molar-refractivity contribution is 5.88. The molecule has 0 aliphatic carbocycles. The van der Waals surface area contributed by atoms with Gasteiger partial charge in [-0.25, -0.2) is 0 Å². The molecule has 5 nitrogen and oxygen atoms in total. The maximum absolute atomic E-state index is 13.0. The molecule has 1 atom stereocenters. The van der Waals surface area contributed by atoms with E-state index in [1.807, 2.05) is 65.7 Å². The number of amides is 1. The lowest BCUT2D eigenvalue weighted by Gasteiger charge is -2.33. The van der Waals surface area contributed by atoms with E-state index in [0.29, 0.717) is 26.1 Å². The summed E-state index contributed by atoms with van der Waals surface area (Å²) in [5, 5.41) is 1.11. The van der Waals surface area contributed by atoms with Crippen molar-refractivity contribution in [3.63, 3.8) is 0 Å². The van der Waals surface area contributed by atoms with Crippen molar-refractivity contribution in [1.29, 1.82) is 0 Å². The Kier molecular flexibility index (Phi) is 5.50. The van der Waals surface area contributed by atoms with Gasteiger partial charge in [0.2, 0.25) is 5.91 Å². The third-order valence-corrected chi connectivity index (χ3v) is 5.82. The Hall–Kier alpha value is -3.44. The predicted octanol–water partition coefficient (Wildman–Crippen LogP) is 4.30. The second-order valence-electron chi connectivity index (χ2n) is 7.95. The van der Waals surface area contributed by atoms with Crippen molar-refractivity contribution >= 4 is 16.8 Å². The minimum atomic E-state index is -0.198. The number of carbonyl (C=O) groups is 1. The number of hydrogen-bond acceptors (Lipinski definition) is 3. The molecular formula is C26H25N3O2. The summed E-state index contributed by atoms with van der Waals surface area (Å²) in [7, 11) is 0. The van der Waals surface area contributed by atoms with Crippen LogP contribution in [0.3, 0.4) is 0 Å². The first kappa shape index (κ1) is 19.5. The molecule has 1 saturated heterocycles. The molecule has 0 spiro atoms. The molecule has 0 saturated carbocycles. The molecule has 1 fully saturated rings. The molecule has 0 unspecified atom stereocenters. The number of fused-ring (bicyclic) bond motifs is 1. The minimum Gasteiger partial charge on any atom is -0.368 e. The Morgan fingerprint density at radius 1 is 1.03 bits per heavy atom. The third-order valence-electron chi connectivity index (χ3n) is 5.82. The molecule has 1 N–H and O–H groups in total. The molecule has 0 bridgehead atoms. The summed E-state index contributed by atoms with van der Waals surface area (Å²) in [5.74, 6) is 0.124. The number of para-hydroxylation sites is 1. The summed E-state index contributed by atoms with van der Waals surface area (Å²) in [5.41, 5.74) is 5.22. The van der Waals surface area contributed by atoms with E-state index in [0.717, 1.165) is 34.3 Å². The van der Waals surface area contributed by atoms with E-state index in [9.17, 15) is 4.79 Å². The maximum Gasteiger partial charge on any atom is 0.227 e. The quantitative estimate of drug-likeness (QED) is 0.533. The molecule has 31 heavy (non-hydrogen) atoms. The van der Waals surface area contributed by atoms with Crippen molar-refractivity contribution in [3.8, 4) is 0 Å². The van der Waals surface area contributed by atoms with E-state index in [-0.39, 0.29) is 12.0 Å². The van der Waals surface area contributed by atoms with Crippen LogP contribution in [0, 0.1) is 0 Å². The van der Waals surface area contributed by atoms with E-state index in [1.165, 1.54) is 5.56 Å². The van der Waals surface area contributed by atoms with Gasteiger partial charge in [0, 0.05) is 35.8 Å². The van der Waals surface area contributed by atoms with Crippen LogP contribution in [0.4, 0.5) is 0 Å². The lowest BCUT2D eigenvalue weighted by Crippen LogP contribution is -2.43. The van der Waals surface area contributed by atoms with Gasteiger partial charge in [-0.15, -0.1) is 0 Å². The zero-order valence-corrected chi connectivity index (χ0v) is 17.3. The highest BCUT2D eigenvalue weighted by atomic mass is 16.5. The third kappa shape index (κ3) is 4.37. The number of H-pyrrole nitrogens is 1. The normalized spacial score (nSPS) is 16.5. The molecule has 5 rings (SSSR count). The molecule has 1 aliphatic rings. The number of nitrogens with zero attached hydrogens (tertiary/aromatic N) is 2. The fourth-order valence-electron chi connectivity index (χ4n) is 4.19. The zero-order valence-electron chi connectivity index (χ0n) is 17.3. The maximum atomic E-state index is 13.0. The van der Waals surface area contributed by atoms with Crippen molar-refractivity contribution in [1.82, 2.24) is 14.9 Å². The average molecular weight is 412 g/mol.